The highest BCUT2D eigenvalue weighted by Crippen LogP contribution is 2.26. The molecule has 2 N–H and O–H groups in total. The molecule has 4 heteroatoms. The van der Waals surface area contributed by atoms with Crippen molar-refractivity contribution in [3.05, 3.63) is 39.5 Å². The van der Waals surface area contributed by atoms with Gasteiger partial charge in [0.05, 0.1) is 6.67 Å². The largest absolute Gasteiger partial charge is 0.375 e. The monoisotopic (exact) mass is 228 g/mol. The van der Waals surface area contributed by atoms with E-state index in [1.807, 2.05) is 24.3 Å². The molecule has 0 spiro atoms. The lowest BCUT2D eigenvalue weighted by Crippen LogP contribution is -2.10. The van der Waals surface area contributed by atoms with Crippen LogP contribution >= 0.6 is 23.2 Å². The van der Waals surface area contributed by atoms with E-state index in [4.69, 9.17) is 23.2 Å². The SMILES string of the molecule is Clc1cccc(Cl)c1C=C1CNCN1. The smallest absolute Gasteiger partial charge is 0.0653 e. The Balaban J connectivity index is 2.36. The fraction of sp³-hybridized carbons (Fsp3) is 0.200. The molecule has 1 aliphatic rings. The Kier molecular flexibility index (Phi) is 2.96. The first kappa shape index (κ1) is 9.84. The number of hydrogen-bond donors (Lipinski definition) is 2. The molecule has 1 heterocycles. The van der Waals surface area contributed by atoms with E-state index in [1.165, 1.54) is 0 Å². The van der Waals surface area contributed by atoms with Gasteiger partial charge < -0.3 is 5.32 Å². The van der Waals surface area contributed by atoms with Crippen LogP contribution in [-0.2, 0) is 0 Å². The van der Waals surface area contributed by atoms with Gasteiger partial charge in [-0.25, -0.2) is 0 Å². The van der Waals surface area contributed by atoms with E-state index in [0.29, 0.717) is 10.0 Å². The summed E-state index contributed by atoms with van der Waals surface area (Å²) in [7, 11) is 0. The molecule has 1 aromatic rings. The third-order valence-electron chi connectivity index (χ3n) is 2.07. The van der Waals surface area contributed by atoms with E-state index >= 15 is 0 Å². The number of benzene rings is 1. The Morgan fingerprint density at radius 1 is 1.21 bits per heavy atom. The minimum atomic E-state index is 0.679. The van der Waals surface area contributed by atoms with E-state index in [-0.39, 0.29) is 0 Å². The predicted molar refractivity (Wildman–Crippen MR) is 60.4 cm³/mol. The minimum absolute atomic E-state index is 0.679. The molecule has 0 atom stereocenters. The second-order valence-corrected chi connectivity index (χ2v) is 3.90. The number of nitrogens with one attached hydrogen (secondary N) is 2. The first-order valence-corrected chi connectivity index (χ1v) is 5.12. The maximum atomic E-state index is 6.03. The molecule has 0 aliphatic carbocycles. The average Bonchev–Trinajstić information content (AvgIpc) is 2.64. The van der Waals surface area contributed by atoms with Gasteiger partial charge in [0.25, 0.3) is 0 Å². The summed E-state index contributed by atoms with van der Waals surface area (Å²) in [5, 5.41) is 7.72. The standard InChI is InChI=1S/C10H10Cl2N2/c11-9-2-1-3-10(12)8(9)4-7-5-13-6-14-7/h1-4,13-14H,5-6H2. The van der Waals surface area contributed by atoms with Crippen LogP contribution in [0.2, 0.25) is 10.0 Å². The predicted octanol–water partition coefficient (Wildman–Crippen LogP) is 2.48. The van der Waals surface area contributed by atoms with Crippen LogP contribution in [0.3, 0.4) is 0 Å². The normalized spacial score (nSPS) is 18.6. The zero-order valence-corrected chi connectivity index (χ0v) is 8.99. The van der Waals surface area contributed by atoms with Crippen LogP contribution in [0.15, 0.2) is 23.9 Å². The zero-order chi connectivity index (χ0) is 9.97. The molecular weight excluding hydrogens is 219 g/mol. The quantitative estimate of drug-likeness (QED) is 0.773. The van der Waals surface area contributed by atoms with Crippen LogP contribution in [0.25, 0.3) is 6.08 Å². The lowest BCUT2D eigenvalue weighted by atomic mass is 10.2. The Morgan fingerprint density at radius 2 is 1.93 bits per heavy atom. The van der Waals surface area contributed by atoms with Gasteiger partial charge in [-0.2, -0.15) is 0 Å². The molecule has 0 saturated carbocycles. The summed E-state index contributed by atoms with van der Waals surface area (Å²) in [5.41, 5.74) is 1.99. The van der Waals surface area contributed by atoms with Gasteiger partial charge in [-0.15, -0.1) is 0 Å². The van der Waals surface area contributed by atoms with Gasteiger partial charge in [-0.1, -0.05) is 29.3 Å². The van der Waals surface area contributed by atoms with E-state index in [0.717, 1.165) is 24.5 Å². The van der Waals surface area contributed by atoms with Gasteiger partial charge in [-0.3, -0.25) is 5.32 Å². The first-order chi connectivity index (χ1) is 6.77. The van der Waals surface area contributed by atoms with Crippen LogP contribution in [0.1, 0.15) is 5.56 Å². The summed E-state index contributed by atoms with van der Waals surface area (Å²) < 4.78 is 0. The molecule has 0 amide bonds. The molecule has 0 aromatic heterocycles. The zero-order valence-electron chi connectivity index (χ0n) is 7.48. The Labute approximate surface area is 92.9 Å². The van der Waals surface area contributed by atoms with E-state index in [1.54, 1.807) is 0 Å². The van der Waals surface area contributed by atoms with Crippen LogP contribution < -0.4 is 10.6 Å². The van der Waals surface area contributed by atoms with Crippen LogP contribution in [0.5, 0.6) is 0 Å². The van der Waals surface area contributed by atoms with Crippen molar-refractivity contribution >= 4 is 29.3 Å². The van der Waals surface area contributed by atoms with Gasteiger partial charge in [0, 0.05) is 27.9 Å². The molecule has 2 rings (SSSR count). The van der Waals surface area contributed by atoms with Gasteiger partial charge in [0.2, 0.25) is 0 Å². The number of hydrogen-bond acceptors (Lipinski definition) is 2. The number of halogens is 2. The highest BCUT2D eigenvalue weighted by atomic mass is 35.5. The summed E-state index contributed by atoms with van der Waals surface area (Å²) in [6.07, 6.45) is 1.98. The second-order valence-electron chi connectivity index (χ2n) is 3.09. The van der Waals surface area contributed by atoms with Gasteiger partial charge in [0.15, 0.2) is 0 Å². The van der Waals surface area contributed by atoms with Crippen molar-refractivity contribution in [3.63, 3.8) is 0 Å². The van der Waals surface area contributed by atoms with Crippen LogP contribution in [0.4, 0.5) is 0 Å². The molecule has 0 bridgehead atoms. The third kappa shape index (κ3) is 2.03. The maximum absolute atomic E-state index is 6.03. The summed E-state index contributed by atoms with van der Waals surface area (Å²) >= 11 is 12.1. The Bertz CT molecular complexity index is 346. The second kappa shape index (κ2) is 4.22. The summed E-state index contributed by atoms with van der Waals surface area (Å²) in [6, 6.07) is 5.51. The number of rotatable bonds is 1. The summed E-state index contributed by atoms with van der Waals surface area (Å²) in [4.78, 5) is 0. The highest BCUT2D eigenvalue weighted by molar-refractivity contribution is 6.37. The molecule has 0 unspecified atom stereocenters. The summed E-state index contributed by atoms with van der Waals surface area (Å²) in [6.45, 7) is 1.63. The Morgan fingerprint density at radius 3 is 2.50 bits per heavy atom. The Hall–Kier alpha value is -0.700. The van der Waals surface area contributed by atoms with Crippen LogP contribution in [0, 0.1) is 0 Å². The van der Waals surface area contributed by atoms with Crippen molar-refractivity contribution in [2.45, 2.75) is 0 Å². The fourth-order valence-electron chi connectivity index (χ4n) is 1.36. The van der Waals surface area contributed by atoms with Crippen molar-refractivity contribution in [2.75, 3.05) is 13.2 Å². The maximum Gasteiger partial charge on any atom is 0.0653 e. The van der Waals surface area contributed by atoms with Gasteiger partial charge in [0.1, 0.15) is 0 Å². The molecule has 1 fully saturated rings. The van der Waals surface area contributed by atoms with Crippen molar-refractivity contribution in [1.82, 2.24) is 10.6 Å². The van der Waals surface area contributed by atoms with Crippen molar-refractivity contribution in [3.8, 4) is 0 Å². The molecule has 1 aromatic carbocycles. The molecule has 0 radical (unpaired) electrons. The average molecular weight is 229 g/mol. The molecule has 1 saturated heterocycles. The van der Waals surface area contributed by atoms with Crippen molar-refractivity contribution in [1.29, 1.82) is 0 Å². The van der Waals surface area contributed by atoms with Crippen molar-refractivity contribution in [2.24, 2.45) is 0 Å². The lowest BCUT2D eigenvalue weighted by Gasteiger charge is -2.03. The molecule has 2 nitrogen and oxygen atoms in total. The third-order valence-corrected chi connectivity index (χ3v) is 2.73. The minimum Gasteiger partial charge on any atom is -0.375 e. The molecule has 74 valence electrons. The van der Waals surface area contributed by atoms with E-state index in [9.17, 15) is 0 Å². The van der Waals surface area contributed by atoms with Crippen molar-refractivity contribution < 1.29 is 0 Å². The molecule has 1 aliphatic heterocycles. The molecular formula is C10H10Cl2N2. The topological polar surface area (TPSA) is 24.1 Å². The fourth-order valence-corrected chi connectivity index (χ4v) is 1.87. The molecule has 14 heavy (non-hydrogen) atoms. The highest BCUT2D eigenvalue weighted by Gasteiger charge is 2.07. The first-order valence-electron chi connectivity index (χ1n) is 4.36. The van der Waals surface area contributed by atoms with Crippen LogP contribution in [-0.4, -0.2) is 13.2 Å². The van der Waals surface area contributed by atoms with E-state index in [2.05, 4.69) is 10.6 Å². The van der Waals surface area contributed by atoms with E-state index < -0.39 is 0 Å². The lowest BCUT2D eigenvalue weighted by molar-refractivity contribution is 0.815. The summed E-state index contributed by atoms with van der Waals surface area (Å²) in [5.74, 6) is 0. The van der Waals surface area contributed by atoms with Gasteiger partial charge in [-0.05, 0) is 18.2 Å². The van der Waals surface area contributed by atoms with Gasteiger partial charge >= 0.3 is 0 Å².